The number of rotatable bonds is 6. The van der Waals surface area contributed by atoms with Crippen LogP contribution in [0.2, 0.25) is 0 Å². The molecule has 2 rings (SSSR count). The van der Waals surface area contributed by atoms with Crippen molar-refractivity contribution in [3.8, 4) is 17.6 Å². The number of phenols is 2. The molecule has 0 aromatic heterocycles. The number of aliphatic carboxylic acids is 1. The second kappa shape index (κ2) is 7.84. The van der Waals surface area contributed by atoms with E-state index >= 15 is 0 Å². The van der Waals surface area contributed by atoms with Gasteiger partial charge in [-0.25, -0.2) is 0 Å². The van der Waals surface area contributed by atoms with Gasteiger partial charge in [-0.15, -0.1) is 0 Å². The quantitative estimate of drug-likeness (QED) is 0.704. The summed E-state index contributed by atoms with van der Waals surface area (Å²) < 4.78 is 0. The van der Waals surface area contributed by atoms with Crippen LogP contribution >= 0.6 is 0 Å². The van der Waals surface area contributed by atoms with Crippen LogP contribution in [0.25, 0.3) is 5.57 Å². The van der Waals surface area contributed by atoms with Crippen LogP contribution in [0.4, 0.5) is 0 Å². The molecule has 0 saturated carbocycles. The monoisotopic (exact) mass is 323 g/mol. The Bertz CT molecular complexity index is 736. The second-order valence-electron chi connectivity index (χ2n) is 5.31. The number of nitrogens with zero attached hydrogens (tertiary/aromatic N) is 1. The maximum atomic E-state index is 10.7. The number of hydrogen-bond donors (Lipinski definition) is 3. The van der Waals surface area contributed by atoms with E-state index in [4.69, 9.17) is 5.11 Å². The highest BCUT2D eigenvalue weighted by molar-refractivity contribution is 5.84. The fourth-order valence-electron chi connectivity index (χ4n) is 2.42. The van der Waals surface area contributed by atoms with Gasteiger partial charge in [-0.3, -0.25) is 4.79 Å². The first-order valence-corrected chi connectivity index (χ1v) is 7.45. The summed E-state index contributed by atoms with van der Waals surface area (Å²) in [4.78, 5) is 10.7. The van der Waals surface area contributed by atoms with Crippen LogP contribution in [0.5, 0.6) is 11.5 Å². The summed E-state index contributed by atoms with van der Waals surface area (Å²) >= 11 is 0. The number of carbonyl (C=O) groups is 1. The lowest BCUT2D eigenvalue weighted by molar-refractivity contribution is -0.137. The molecule has 2 aromatic carbocycles. The summed E-state index contributed by atoms with van der Waals surface area (Å²) in [5.41, 5.74) is 2.62. The number of carboxylic acid groups (broad SMARTS) is 1. The van der Waals surface area contributed by atoms with Crippen molar-refractivity contribution in [3.63, 3.8) is 0 Å². The molecule has 0 aliphatic heterocycles. The van der Waals surface area contributed by atoms with Crippen molar-refractivity contribution >= 4 is 11.5 Å². The van der Waals surface area contributed by atoms with E-state index in [1.807, 2.05) is 0 Å². The normalized spacial score (nSPS) is 9.96. The molecule has 122 valence electrons. The van der Waals surface area contributed by atoms with Gasteiger partial charge < -0.3 is 15.3 Å². The number of aromatic hydroxyl groups is 2. The lowest BCUT2D eigenvalue weighted by atomic mass is 9.91. The number of benzene rings is 2. The van der Waals surface area contributed by atoms with Gasteiger partial charge in [0.25, 0.3) is 0 Å². The highest BCUT2D eigenvalue weighted by atomic mass is 16.4. The van der Waals surface area contributed by atoms with Crippen LogP contribution < -0.4 is 0 Å². The zero-order valence-electron chi connectivity index (χ0n) is 12.9. The van der Waals surface area contributed by atoms with Crippen LogP contribution in [0.15, 0.2) is 54.1 Å². The third-order valence-electron chi connectivity index (χ3n) is 3.57. The smallest absolute Gasteiger partial charge is 0.303 e. The zero-order valence-corrected chi connectivity index (χ0v) is 12.9. The van der Waals surface area contributed by atoms with Gasteiger partial charge in [-0.05, 0) is 48.2 Å². The van der Waals surface area contributed by atoms with Crippen LogP contribution in [0.1, 0.15) is 30.4 Å². The molecule has 0 atom stereocenters. The lowest BCUT2D eigenvalue weighted by Gasteiger charge is -2.12. The van der Waals surface area contributed by atoms with Crippen molar-refractivity contribution in [3.05, 3.63) is 65.2 Å². The van der Waals surface area contributed by atoms with Crippen molar-refractivity contribution < 1.29 is 20.1 Å². The fraction of sp³-hybridized carbons (Fsp3) is 0.158. The van der Waals surface area contributed by atoms with Gasteiger partial charge in [0.05, 0.1) is 6.07 Å². The first-order valence-electron chi connectivity index (χ1n) is 7.45. The Morgan fingerprint density at radius 2 is 1.33 bits per heavy atom. The van der Waals surface area contributed by atoms with Crippen LogP contribution in [0.3, 0.4) is 0 Å². The third-order valence-corrected chi connectivity index (χ3v) is 3.57. The van der Waals surface area contributed by atoms with Crippen molar-refractivity contribution in [1.29, 1.82) is 5.26 Å². The standard InChI is InChI=1S/C19H17NO4/c20-12-15(2-1-3-18(23)24)19(13-4-8-16(21)9-5-13)14-6-10-17(22)11-7-14/h4-11,21-22H,1-3H2,(H,23,24). The number of phenolic OH excluding ortho intramolecular Hbond substituents is 2. The highest BCUT2D eigenvalue weighted by Crippen LogP contribution is 2.31. The van der Waals surface area contributed by atoms with E-state index in [0.717, 1.165) is 11.1 Å². The molecule has 0 aliphatic carbocycles. The predicted molar refractivity (Wildman–Crippen MR) is 89.3 cm³/mol. The second-order valence-corrected chi connectivity index (χ2v) is 5.31. The molecule has 0 saturated heterocycles. The van der Waals surface area contributed by atoms with Crippen molar-refractivity contribution in [2.45, 2.75) is 19.3 Å². The van der Waals surface area contributed by atoms with Crippen molar-refractivity contribution in [1.82, 2.24) is 0 Å². The molecule has 0 radical (unpaired) electrons. The summed E-state index contributed by atoms with van der Waals surface area (Å²) in [5, 5.41) is 37.2. The van der Waals surface area contributed by atoms with E-state index in [-0.39, 0.29) is 17.9 Å². The predicted octanol–water partition coefficient (Wildman–Crippen LogP) is 3.68. The Kier molecular flexibility index (Phi) is 5.58. The molecule has 0 aliphatic rings. The SMILES string of the molecule is N#CC(CCCC(=O)O)=C(c1ccc(O)cc1)c1ccc(O)cc1. The first-order chi connectivity index (χ1) is 11.5. The average Bonchev–Trinajstić information content (AvgIpc) is 2.56. The summed E-state index contributed by atoms with van der Waals surface area (Å²) in [7, 11) is 0. The van der Waals surface area contributed by atoms with E-state index in [1.165, 1.54) is 24.3 Å². The minimum absolute atomic E-state index is 0.0103. The Morgan fingerprint density at radius 1 is 0.875 bits per heavy atom. The molecule has 0 spiro atoms. The van der Waals surface area contributed by atoms with Gasteiger partial charge in [0.2, 0.25) is 0 Å². The van der Waals surface area contributed by atoms with E-state index in [0.29, 0.717) is 24.0 Å². The van der Waals surface area contributed by atoms with E-state index in [9.17, 15) is 20.3 Å². The molecule has 0 bridgehead atoms. The van der Waals surface area contributed by atoms with E-state index in [2.05, 4.69) is 6.07 Å². The Hall–Kier alpha value is -3.26. The first kappa shape index (κ1) is 17.1. The number of carboxylic acids is 1. The molecule has 0 amide bonds. The largest absolute Gasteiger partial charge is 0.508 e. The summed E-state index contributed by atoms with van der Waals surface area (Å²) in [6.45, 7) is 0. The fourth-order valence-corrected chi connectivity index (χ4v) is 2.42. The molecule has 2 aromatic rings. The van der Waals surface area contributed by atoms with Crippen LogP contribution in [-0.4, -0.2) is 21.3 Å². The maximum Gasteiger partial charge on any atom is 0.303 e. The van der Waals surface area contributed by atoms with Gasteiger partial charge >= 0.3 is 5.97 Å². The zero-order chi connectivity index (χ0) is 17.5. The van der Waals surface area contributed by atoms with E-state index < -0.39 is 5.97 Å². The van der Waals surface area contributed by atoms with Gasteiger partial charge in [-0.2, -0.15) is 5.26 Å². The Balaban J connectivity index is 2.49. The summed E-state index contributed by atoms with van der Waals surface area (Å²) in [6, 6.07) is 15.1. The Morgan fingerprint density at radius 3 is 1.71 bits per heavy atom. The minimum atomic E-state index is -0.900. The third kappa shape index (κ3) is 4.37. The highest BCUT2D eigenvalue weighted by Gasteiger charge is 2.13. The van der Waals surface area contributed by atoms with Gasteiger partial charge in [0.15, 0.2) is 0 Å². The molecular weight excluding hydrogens is 306 g/mol. The molecule has 0 fully saturated rings. The van der Waals surface area contributed by atoms with Crippen molar-refractivity contribution in [2.24, 2.45) is 0 Å². The number of nitriles is 1. The number of allylic oxidation sites excluding steroid dienone is 1. The van der Waals surface area contributed by atoms with Crippen LogP contribution in [-0.2, 0) is 4.79 Å². The van der Waals surface area contributed by atoms with Gasteiger partial charge in [-0.1, -0.05) is 24.3 Å². The van der Waals surface area contributed by atoms with Gasteiger partial charge in [0.1, 0.15) is 11.5 Å². The molecule has 24 heavy (non-hydrogen) atoms. The van der Waals surface area contributed by atoms with Crippen molar-refractivity contribution in [2.75, 3.05) is 0 Å². The van der Waals surface area contributed by atoms with E-state index in [1.54, 1.807) is 24.3 Å². The van der Waals surface area contributed by atoms with Crippen LogP contribution in [0, 0.1) is 11.3 Å². The summed E-state index contributed by atoms with van der Waals surface area (Å²) in [6.07, 6.45) is 0.682. The number of hydrogen-bond acceptors (Lipinski definition) is 4. The Labute approximate surface area is 139 Å². The summed E-state index contributed by atoms with van der Waals surface area (Å²) in [5.74, 6) is -0.663. The topological polar surface area (TPSA) is 102 Å². The molecular formula is C19H17NO4. The molecule has 0 heterocycles. The molecule has 0 unspecified atom stereocenters. The molecule has 3 N–H and O–H groups in total. The average molecular weight is 323 g/mol. The molecule has 5 heteroatoms. The lowest BCUT2D eigenvalue weighted by Crippen LogP contribution is -1.97. The molecule has 5 nitrogen and oxygen atoms in total. The minimum Gasteiger partial charge on any atom is -0.508 e. The maximum absolute atomic E-state index is 10.7. The van der Waals surface area contributed by atoms with Gasteiger partial charge in [0, 0.05) is 17.6 Å².